The Balaban J connectivity index is 1.66. The van der Waals surface area contributed by atoms with Crippen LogP contribution in [0.2, 0.25) is 0 Å². The van der Waals surface area contributed by atoms with E-state index < -0.39 is 0 Å². The molecule has 0 spiro atoms. The van der Waals surface area contributed by atoms with Gasteiger partial charge in [-0.1, -0.05) is 12.1 Å². The van der Waals surface area contributed by atoms with Gasteiger partial charge in [0.1, 0.15) is 29.2 Å². The van der Waals surface area contributed by atoms with Gasteiger partial charge >= 0.3 is 0 Å². The average molecular weight is 380 g/mol. The van der Waals surface area contributed by atoms with Gasteiger partial charge in [0.15, 0.2) is 0 Å². The summed E-state index contributed by atoms with van der Waals surface area (Å²) < 4.78 is 18.9. The maximum atomic E-state index is 13.3. The molecule has 0 saturated heterocycles. The molecular formula is C22H25FN4O. The largest absolute Gasteiger partial charge is 0.494 e. The van der Waals surface area contributed by atoms with E-state index in [0.717, 1.165) is 60.1 Å². The zero-order chi connectivity index (χ0) is 19.5. The van der Waals surface area contributed by atoms with Crippen molar-refractivity contribution < 1.29 is 9.13 Å². The molecule has 28 heavy (non-hydrogen) atoms. The summed E-state index contributed by atoms with van der Waals surface area (Å²) in [5.74, 6) is 1.81. The number of rotatable bonds is 5. The van der Waals surface area contributed by atoms with Crippen LogP contribution in [-0.4, -0.2) is 29.7 Å². The average Bonchev–Trinajstić information content (AvgIpc) is 2.73. The van der Waals surface area contributed by atoms with Crippen LogP contribution >= 0.6 is 0 Å². The highest BCUT2D eigenvalue weighted by atomic mass is 19.1. The van der Waals surface area contributed by atoms with E-state index in [-0.39, 0.29) is 5.82 Å². The molecule has 1 aliphatic carbocycles. The molecule has 0 amide bonds. The van der Waals surface area contributed by atoms with Crippen molar-refractivity contribution in [2.45, 2.75) is 31.7 Å². The first-order chi connectivity index (χ1) is 13.6. The van der Waals surface area contributed by atoms with Crippen LogP contribution in [0, 0.1) is 11.7 Å². The van der Waals surface area contributed by atoms with Crippen LogP contribution in [0.5, 0.6) is 5.75 Å². The molecule has 0 unspecified atom stereocenters. The Morgan fingerprint density at radius 1 is 1.07 bits per heavy atom. The fraction of sp³-hybridized carbons (Fsp3) is 0.364. The van der Waals surface area contributed by atoms with Gasteiger partial charge in [-0.15, -0.1) is 0 Å². The van der Waals surface area contributed by atoms with Gasteiger partial charge in [-0.3, -0.25) is 0 Å². The molecule has 1 heterocycles. The van der Waals surface area contributed by atoms with E-state index in [2.05, 4.69) is 15.3 Å². The predicted octanol–water partition coefficient (Wildman–Crippen LogP) is 4.37. The fourth-order valence-corrected chi connectivity index (χ4v) is 3.87. The molecule has 6 heteroatoms. The molecule has 1 saturated carbocycles. The molecule has 0 bridgehead atoms. The van der Waals surface area contributed by atoms with Crippen molar-refractivity contribution in [1.82, 2.24) is 9.97 Å². The number of nitrogens with two attached hydrogens (primary N) is 1. The van der Waals surface area contributed by atoms with Crippen molar-refractivity contribution in [3.8, 4) is 16.9 Å². The number of hydrogen-bond acceptors (Lipinski definition) is 5. The topological polar surface area (TPSA) is 73.1 Å². The lowest BCUT2D eigenvalue weighted by Gasteiger charge is -2.26. The molecule has 0 radical (unpaired) electrons. The predicted molar refractivity (Wildman–Crippen MR) is 110 cm³/mol. The Morgan fingerprint density at radius 3 is 2.54 bits per heavy atom. The second-order valence-corrected chi connectivity index (χ2v) is 7.47. The Hall–Kier alpha value is -2.73. The SMILES string of the molecule is COc1cc(-c2ccc(F)cc2)cc2c(NC[C@H]3CC[C@H](N)CC3)ncnc12. The number of aromatic nitrogens is 2. The van der Waals surface area contributed by atoms with Gasteiger partial charge in [0.05, 0.1) is 7.11 Å². The highest BCUT2D eigenvalue weighted by Gasteiger charge is 2.19. The van der Waals surface area contributed by atoms with Crippen LogP contribution in [0.25, 0.3) is 22.0 Å². The van der Waals surface area contributed by atoms with E-state index >= 15 is 0 Å². The van der Waals surface area contributed by atoms with Crippen molar-refractivity contribution in [2.24, 2.45) is 11.7 Å². The molecule has 1 aliphatic rings. The molecule has 1 aromatic heterocycles. The Morgan fingerprint density at radius 2 is 1.82 bits per heavy atom. The van der Waals surface area contributed by atoms with Crippen LogP contribution in [0.3, 0.4) is 0 Å². The van der Waals surface area contributed by atoms with Crippen molar-refractivity contribution in [2.75, 3.05) is 19.0 Å². The van der Waals surface area contributed by atoms with Crippen molar-refractivity contribution in [3.05, 3.63) is 48.5 Å². The number of fused-ring (bicyclic) bond motifs is 1. The second-order valence-electron chi connectivity index (χ2n) is 7.47. The minimum atomic E-state index is -0.255. The zero-order valence-corrected chi connectivity index (χ0v) is 16.0. The van der Waals surface area contributed by atoms with E-state index in [4.69, 9.17) is 10.5 Å². The van der Waals surface area contributed by atoms with Gasteiger partial charge in [-0.05, 0) is 67.0 Å². The normalized spacial score (nSPS) is 19.5. The number of anilines is 1. The molecule has 146 valence electrons. The summed E-state index contributed by atoms with van der Waals surface area (Å²) in [6.07, 6.45) is 6.00. The molecule has 1 fully saturated rings. The summed E-state index contributed by atoms with van der Waals surface area (Å²) in [6, 6.07) is 10.7. The number of nitrogens with zero attached hydrogens (tertiary/aromatic N) is 2. The maximum Gasteiger partial charge on any atom is 0.145 e. The first-order valence-electron chi connectivity index (χ1n) is 9.72. The summed E-state index contributed by atoms with van der Waals surface area (Å²) in [7, 11) is 1.63. The lowest BCUT2D eigenvalue weighted by molar-refractivity contribution is 0.338. The lowest BCUT2D eigenvalue weighted by atomic mass is 9.86. The maximum absolute atomic E-state index is 13.3. The molecule has 0 atom stereocenters. The Bertz CT molecular complexity index is 953. The number of ether oxygens (including phenoxy) is 1. The van der Waals surface area contributed by atoms with E-state index in [1.54, 1.807) is 25.6 Å². The van der Waals surface area contributed by atoms with Gasteiger partial charge in [0.2, 0.25) is 0 Å². The molecule has 0 aliphatic heterocycles. The van der Waals surface area contributed by atoms with Crippen LogP contribution in [0.15, 0.2) is 42.7 Å². The second kappa shape index (κ2) is 8.10. The number of halogens is 1. The zero-order valence-electron chi connectivity index (χ0n) is 16.0. The minimum absolute atomic E-state index is 0.255. The standard InChI is InChI=1S/C22H25FN4O/c1-28-20-11-16(15-4-6-17(23)7-5-15)10-19-21(20)26-13-27-22(19)25-12-14-2-8-18(24)9-3-14/h4-7,10-11,13-14,18H,2-3,8-9,12,24H2,1H3,(H,25,26,27)/t14-,18-. The van der Waals surface area contributed by atoms with Gasteiger partial charge in [-0.2, -0.15) is 0 Å². The number of benzene rings is 2. The summed E-state index contributed by atoms with van der Waals surface area (Å²) in [5, 5.41) is 4.40. The monoisotopic (exact) mass is 380 g/mol. The first kappa shape index (κ1) is 18.6. The summed E-state index contributed by atoms with van der Waals surface area (Å²) in [6.45, 7) is 0.863. The molecule has 3 aromatic rings. The first-order valence-corrected chi connectivity index (χ1v) is 9.72. The summed E-state index contributed by atoms with van der Waals surface area (Å²) >= 11 is 0. The number of hydrogen-bond donors (Lipinski definition) is 2. The van der Waals surface area contributed by atoms with E-state index in [9.17, 15) is 4.39 Å². The van der Waals surface area contributed by atoms with E-state index in [1.165, 1.54) is 12.1 Å². The smallest absolute Gasteiger partial charge is 0.145 e. The number of methoxy groups -OCH3 is 1. The van der Waals surface area contributed by atoms with Crippen molar-refractivity contribution in [1.29, 1.82) is 0 Å². The van der Waals surface area contributed by atoms with Gasteiger partial charge in [-0.25, -0.2) is 14.4 Å². The molecule has 3 N–H and O–H groups in total. The highest BCUT2D eigenvalue weighted by Crippen LogP contribution is 2.34. The molecule has 2 aromatic carbocycles. The number of nitrogens with one attached hydrogen (secondary N) is 1. The third kappa shape index (κ3) is 3.92. The van der Waals surface area contributed by atoms with Crippen LogP contribution in [0.1, 0.15) is 25.7 Å². The van der Waals surface area contributed by atoms with Gasteiger partial charge in [0.25, 0.3) is 0 Å². The minimum Gasteiger partial charge on any atom is -0.494 e. The molecule has 5 nitrogen and oxygen atoms in total. The van der Waals surface area contributed by atoms with E-state index in [1.807, 2.05) is 12.1 Å². The van der Waals surface area contributed by atoms with E-state index in [0.29, 0.717) is 17.7 Å². The Labute approximate surface area is 164 Å². The fourth-order valence-electron chi connectivity index (χ4n) is 3.87. The van der Waals surface area contributed by atoms with Gasteiger partial charge < -0.3 is 15.8 Å². The lowest BCUT2D eigenvalue weighted by Crippen LogP contribution is -2.29. The summed E-state index contributed by atoms with van der Waals surface area (Å²) in [4.78, 5) is 8.88. The molecular weight excluding hydrogens is 355 g/mol. The Kier molecular flexibility index (Phi) is 5.39. The highest BCUT2D eigenvalue weighted by molar-refractivity contribution is 5.96. The van der Waals surface area contributed by atoms with Crippen LogP contribution in [0.4, 0.5) is 10.2 Å². The third-order valence-corrected chi connectivity index (χ3v) is 5.55. The van der Waals surface area contributed by atoms with Crippen molar-refractivity contribution in [3.63, 3.8) is 0 Å². The summed E-state index contributed by atoms with van der Waals surface area (Å²) in [5.41, 5.74) is 8.62. The van der Waals surface area contributed by atoms with Gasteiger partial charge in [0, 0.05) is 18.0 Å². The van der Waals surface area contributed by atoms with Crippen molar-refractivity contribution >= 4 is 16.7 Å². The van der Waals surface area contributed by atoms with Crippen LogP contribution < -0.4 is 15.8 Å². The quantitative estimate of drug-likeness (QED) is 0.687. The molecule has 4 rings (SSSR count). The van der Waals surface area contributed by atoms with Crippen LogP contribution in [-0.2, 0) is 0 Å². The third-order valence-electron chi connectivity index (χ3n) is 5.55.